The van der Waals surface area contributed by atoms with Gasteiger partial charge in [-0.3, -0.25) is 4.68 Å². The maximum Gasteiger partial charge on any atom is 0.128 e. The minimum Gasteiger partial charge on any atom is -0.320 e. The topological polar surface area (TPSA) is 35.6 Å². The number of alkyl halides is 1. The van der Waals surface area contributed by atoms with E-state index in [0.717, 1.165) is 22.6 Å². The first-order valence-electron chi connectivity index (χ1n) is 6.64. The van der Waals surface area contributed by atoms with Crippen LogP contribution in [0.5, 0.6) is 0 Å². The summed E-state index contributed by atoms with van der Waals surface area (Å²) in [5.41, 5.74) is 4.34. The first-order valence-corrected chi connectivity index (χ1v) is 7.08. The Kier molecular flexibility index (Phi) is 3.26. The van der Waals surface area contributed by atoms with E-state index in [1.165, 1.54) is 5.56 Å². The molecule has 0 aliphatic rings. The van der Waals surface area contributed by atoms with Crippen molar-refractivity contribution in [2.75, 3.05) is 0 Å². The number of benzene rings is 1. The van der Waals surface area contributed by atoms with Crippen LogP contribution in [0.15, 0.2) is 30.5 Å². The highest BCUT2D eigenvalue weighted by Gasteiger charge is 2.17. The fourth-order valence-corrected chi connectivity index (χ4v) is 2.72. The molecule has 0 fully saturated rings. The molecule has 20 heavy (non-hydrogen) atoms. The van der Waals surface area contributed by atoms with Crippen molar-refractivity contribution in [2.45, 2.75) is 25.8 Å². The summed E-state index contributed by atoms with van der Waals surface area (Å²) in [6.07, 6.45) is 1.95. The van der Waals surface area contributed by atoms with Crippen LogP contribution in [-0.2, 0) is 13.6 Å². The molecule has 4 nitrogen and oxygen atoms in total. The third kappa shape index (κ3) is 2.20. The number of hydrogen-bond acceptors (Lipinski definition) is 2. The van der Waals surface area contributed by atoms with E-state index in [0.29, 0.717) is 6.54 Å². The fraction of sp³-hybridized carbons (Fsp3) is 0.333. The fourth-order valence-electron chi connectivity index (χ4n) is 2.56. The van der Waals surface area contributed by atoms with Gasteiger partial charge in [0.05, 0.1) is 28.6 Å². The molecule has 1 unspecified atom stereocenters. The third-order valence-corrected chi connectivity index (χ3v) is 3.64. The molecule has 0 radical (unpaired) electrons. The molecule has 0 aliphatic carbocycles. The highest BCUT2D eigenvalue weighted by Crippen LogP contribution is 2.27. The van der Waals surface area contributed by atoms with Gasteiger partial charge in [-0.2, -0.15) is 5.10 Å². The molecule has 104 valence electrons. The predicted octanol–water partition coefficient (Wildman–Crippen LogP) is 3.43. The van der Waals surface area contributed by atoms with Crippen molar-refractivity contribution in [3.63, 3.8) is 0 Å². The van der Waals surface area contributed by atoms with E-state index in [-0.39, 0.29) is 5.38 Å². The standard InChI is InChI=1S/C15H17ClN4/c1-10-5-4-6-13-14(10)20(15(17-13)11(2)16)9-12-7-8-19(3)18-12/h4-8,11H,9H2,1-3H3. The zero-order valence-electron chi connectivity index (χ0n) is 11.8. The average molecular weight is 289 g/mol. The second-order valence-corrected chi connectivity index (χ2v) is 5.75. The predicted molar refractivity (Wildman–Crippen MR) is 81.0 cm³/mol. The maximum absolute atomic E-state index is 6.29. The number of para-hydroxylation sites is 1. The van der Waals surface area contributed by atoms with Gasteiger partial charge >= 0.3 is 0 Å². The van der Waals surface area contributed by atoms with Crippen LogP contribution in [0.4, 0.5) is 0 Å². The van der Waals surface area contributed by atoms with E-state index >= 15 is 0 Å². The second kappa shape index (κ2) is 4.94. The monoisotopic (exact) mass is 288 g/mol. The number of halogens is 1. The Morgan fingerprint density at radius 3 is 2.75 bits per heavy atom. The minimum absolute atomic E-state index is 0.134. The minimum atomic E-state index is -0.134. The van der Waals surface area contributed by atoms with Crippen LogP contribution in [0.25, 0.3) is 11.0 Å². The summed E-state index contributed by atoms with van der Waals surface area (Å²) in [6.45, 7) is 4.74. The first-order chi connectivity index (χ1) is 9.56. The van der Waals surface area contributed by atoms with Gasteiger partial charge in [-0.05, 0) is 31.5 Å². The lowest BCUT2D eigenvalue weighted by molar-refractivity contribution is 0.688. The molecule has 0 N–H and O–H groups in total. The Morgan fingerprint density at radius 2 is 2.10 bits per heavy atom. The van der Waals surface area contributed by atoms with Crippen LogP contribution < -0.4 is 0 Å². The number of imidazole rings is 1. The van der Waals surface area contributed by atoms with Gasteiger partial charge in [0.2, 0.25) is 0 Å². The highest BCUT2D eigenvalue weighted by molar-refractivity contribution is 6.20. The van der Waals surface area contributed by atoms with Crippen molar-refractivity contribution < 1.29 is 0 Å². The van der Waals surface area contributed by atoms with Crippen molar-refractivity contribution in [2.24, 2.45) is 7.05 Å². The Hall–Kier alpha value is -1.81. The van der Waals surface area contributed by atoms with Gasteiger partial charge in [0.15, 0.2) is 0 Å². The SMILES string of the molecule is Cc1cccc2nc(C(C)Cl)n(Cc3ccn(C)n3)c12. The van der Waals surface area contributed by atoms with Crippen molar-refractivity contribution >= 4 is 22.6 Å². The number of rotatable bonds is 3. The van der Waals surface area contributed by atoms with Gasteiger partial charge in [0.25, 0.3) is 0 Å². The van der Waals surface area contributed by atoms with E-state index in [9.17, 15) is 0 Å². The smallest absolute Gasteiger partial charge is 0.128 e. The zero-order valence-corrected chi connectivity index (χ0v) is 12.6. The number of hydrogen-bond donors (Lipinski definition) is 0. The summed E-state index contributed by atoms with van der Waals surface area (Å²) in [6, 6.07) is 8.17. The summed E-state index contributed by atoms with van der Waals surface area (Å²) in [7, 11) is 1.92. The molecular weight excluding hydrogens is 272 g/mol. The number of aromatic nitrogens is 4. The number of nitrogens with zero attached hydrogens (tertiary/aromatic N) is 4. The van der Waals surface area contributed by atoms with Gasteiger partial charge in [-0.15, -0.1) is 11.6 Å². The summed E-state index contributed by atoms with van der Waals surface area (Å²) >= 11 is 6.29. The summed E-state index contributed by atoms with van der Waals surface area (Å²) in [5, 5.41) is 4.31. The molecule has 0 aliphatic heterocycles. The third-order valence-electron chi connectivity index (χ3n) is 3.44. The van der Waals surface area contributed by atoms with E-state index in [1.807, 2.05) is 43.0 Å². The Balaban J connectivity index is 2.18. The van der Waals surface area contributed by atoms with Gasteiger partial charge < -0.3 is 4.57 Å². The molecule has 0 bridgehead atoms. The Labute approximate surface area is 123 Å². The quantitative estimate of drug-likeness (QED) is 0.692. The second-order valence-electron chi connectivity index (χ2n) is 5.10. The van der Waals surface area contributed by atoms with Crippen LogP contribution in [0, 0.1) is 6.92 Å². The van der Waals surface area contributed by atoms with E-state index in [2.05, 4.69) is 27.6 Å². The van der Waals surface area contributed by atoms with Crippen LogP contribution >= 0.6 is 11.6 Å². The Bertz CT molecular complexity index is 754. The van der Waals surface area contributed by atoms with Gasteiger partial charge in [-0.1, -0.05) is 12.1 Å². The molecule has 0 saturated heterocycles. The summed E-state index contributed by atoms with van der Waals surface area (Å²) < 4.78 is 3.98. The van der Waals surface area contributed by atoms with Crippen LogP contribution in [-0.4, -0.2) is 19.3 Å². The molecule has 5 heteroatoms. The van der Waals surface area contributed by atoms with Gasteiger partial charge in [0.1, 0.15) is 5.82 Å². The van der Waals surface area contributed by atoms with Crippen molar-refractivity contribution in [3.8, 4) is 0 Å². The highest BCUT2D eigenvalue weighted by atomic mass is 35.5. The molecular formula is C15H17ClN4. The molecule has 0 amide bonds. The molecule has 2 heterocycles. The Morgan fingerprint density at radius 1 is 1.30 bits per heavy atom. The van der Waals surface area contributed by atoms with Crippen molar-refractivity contribution in [1.82, 2.24) is 19.3 Å². The normalized spacial score (nSPS) is 13.0. The first kappa shape index (κ1) is 13.2. The number of aryl methyl sites for hydroxylation is 2. The molecule has 0 saturated carbocycles. The van der Waals surface area contributed by atoms with Gasteiger partial charge in [-0.25, -0.2) is 4.98 Å². The van der Waals surface area contributed by atoms with Crippen molar-refractivity contribution in [1.29, 1.82) is 0 Å². The molecule has 3 aromatic rings. The molecule has 1 aromatic carbocycles. The van der Waals surface area contributed by atoms with Crippen LogP contribution in [0.3, 0.4) is 0 Å². The molecule has 0 spiro atoms. The van der Waals surface area contributed by atoms with Crippen LogP contribution in [0.1, 0.15) is 29.4 Å². The summed E-state index contributed by atoms with van der Waals surface area (Å²) in [5.74, 6) is 0.890. The lowest BCUT2D eigenvalue weighted by Crippen LogP contribution is -2.07. The van der Waals surface area contributed by atoms with Crippen molar-refractivity contribution in [3.05, 3.63) is 47.5 Å². The van der Waals surface area contributed by atoms with Gasteiger partial charge in [0, 0.05) is 13.2 Å². The largest absolute Gasteiger partial charge is 0.320 e. The van der Waals surface area contributed by atoms with Crippen LogP contribution in [0.2, 0.25) is 0 Å². The van der Waals surface area contributed by atoms with E-state index in [1.54, 1.807) is 0 Å². The zero-order chi connectivity index (χ0) is 14.3. The number of fused-ring (bicyclic) bond motifs is 1. The molecule has 1 atom stereocenters. The molecule has 2 aromatic heterocycles. The summed E-state index contributed by atoms with van der Waals surface area (Å²) in [4.78, 5) is 4.67. The molecule has 3 rings (SSSR count). The lowest BCUT2D eigenvalue weighted by Gasteiger charge is -2.10. The van der Waals surface area contributed by atoms with E-state index < -0.39 is 0 Å². The van der Waals surface area contributed by atoms with E-state index in [4.69, 9.17) is 11.6 Å². The lowest BCUT2D eigenvalue weighted by atomic mass is 10.2. The maximum atomic E-state index is 6.29. The average Bonchev–Trinajstić information content (AvgIpc) is 2.95.